The Balaban J connectivity index is 1.98. The highest BCUT2D eigenvalue weighted by molar-refractivity contribution is 5.45. The predicted octanol–water partition coefficient (Wildman–Crippen LogP) is 2.95. The third-order valence-electron chi connectivity index (χ3n) is 5.06. The van der Waals surface area contributed by atoms with E-state index in [1.165, 1.54) is 15.7 Å². The Morgan fingerprint density at radius 1 is 1.27 bits per heavy atom. The van der Waals surface area contributed by atoms with Crippen molar-refractivity contribution in [3.8, 4) is 11.9 Å². The minimum absolute atomic E-state index is 0.000872. The first-order chi connectivity index (χ1) is 12.4. The maximum Gasteiger partial charge on any atom is 0.271 e. The Hall–Kier alpha value is -2.58. The summed E-state index contributed by atoms with van der Waals surface area (Å²) in [7, 11) is 0. The highest BCUT2D eigenvalue weighted by atomic mass is 16.3. The second-order valence-electron chi connectivity index (χ2n) is 7.45. The molecule has 0 saturated heterocycles. The summed E-state index contributed by atoms with van der Waals surface area (Å²) in [5, 5.41) is 20.2. The number of hydrogen-bond acceptors (Lipinski definition) is 4. The Kier molecular flexibility index (Phi) is 5.15. The molecule has 1 aliphatic heterocycles. The molecule has 2 aromatic rings. The molecule has 1 aromatic carbocycles. The van der Waals surface area contributed by atoms with Gasteiger partial charge in [0, 0.05) is 31.7 Å². The number of pyridine rings is 1. The van der Waals surface area contributed by atoms with E-state index in [-0.39, 0.29) is 17.4 Å². The average Bonchev–Trinajstić information content (AvgIpc) is 2.62. The third-order valence-corrected chi connectivity index (χ3v) is 5.06. The van der Waals surface area contributed by atoms with Crippen molar-refractivity contribution < 1.29 is 5.11 Å². The molecule has 0 unspecified atom stereocenters. The SMILES string of the molecule is Cc1c(CN2CCc3ccccc3C2)c(O)n(CC(C)C)c(=O)c1C#N. The van der Waals surface area contributed by atoms with E-state index in [0.29, 0.717) is 24.2 Å². The van der Waals surface area contributed by atoms with E-state index in [2.05, 4.69) is 23.1 Å². The standard InChI is InChI=1S/C21H25N3O2/c1-14(2)11-24-20(25)18(10-22)15(3)19(21(24)26)13-23-9-8-16-6-4-5-7-17(16)12-23/h4-7,14,26H,8-9,11-13H2,1-3H3. The summed E-state index contributed by atoms with van der Waals surface area (Å²) in [6.45, 7) is 8.35. The first-order valence-corrected chi connectivity index (χ1v) is 9.06. The van der Waals surface area contributed by atoms with Gasteiger partial charge in [-0.3, -0.25) is 14.3 Å². The molecule has 0 radical (unpaired) electrons. The Bertz CT molecular complexity index is 922. The average molecular weight is 351 g/mol. The lowest BCUT2D eigenvalue weighted by molar-refractivity contribution is 0.238. The molecule has 0 bridgehead atoms. The van der Waals surface area contributed by atoms with Gasteiger partial charge in [0.05, 0.1) is 0 Å². The lowest BCUT2D eigenvalue weighted by atomic mass is 9.98. The van der Waals surface area contributed by atoms with Crippen molar-refractivity contribution in [2.45, 2.75) is 46.8 Å². The molecule has 2 heterocycles. The van der Waals surface area contributed by atoms with Crippen LogP contribution in [0.15, 0.2) is 29.1 Å². The summed E-state index contributed by atoms with van der Waals surface area (Å²) in [5.41, 5.74) is 3.67. The van der Waals surface area contributed by atoms with E-state index in [0.717, 1.165) is 19.5 Å². The number of rotatable bonds is 4. The number of benzene rings is 1. The van der Waals surface area contributed by atoms with E-state index in [1.54, 1.807) is 6.92 Å². The minimum Gasteiger partial charge on any atom is -0.494 e. The fourth-order valence-electron chi connectivity index (χ4n) is 3.64. The van der Waals surface area contributed by atoms with E-state index in [9.17, 15) is 15.2 Å². The van der Waals surface area contributed by atoms with Crippen molar-refractivity contribution in [2.75, 3.05) is 6.54 Å². The van der Waals surface area contributed by atoms with Crippen molar-refractivity contribution in [3.63, 3.8) is 0 Å². The van der Waals surface area contributed by atoms with Gasteiger partial charge in [0.1, 0.15) is 11.6 Å². The monoisotopic (exact) mass is 351 g/mol. The lowest BCUT2D eigenvalue weighted by Gasteiger charge is -2.30. The smallest absolute Gasteiger partial charge is 0.271 e. The van der Waals surface area contributed by atoms with Crippen LogP contribution in [0.5, 0.6) is 5.88 Å². The van der Waals surface area contributed by atoms with E-state index < -0.39 is 5.56 Å². The molecule has 0 amide bonds. The van der Waals surface area contributed by atoms with Crippen LogP contribution in [0.2, 0.25) is 0 Å². The molecule has 0 saturated carbocycles. The van der Waals surface area contributed by atoms with Gasteiger partial charge in [0.25, 0.3) is 5.56 Å². The van der Waals surface area contributed by atoms with Gasteiger partial charge in [-0.1, -0.05) is 38.1 Å². The fraction of sp³-hybridized carbons (Fsp3) is 0.429. The van der Waals surface area contributed by atoms with Crippen molar-refractivity contribution in [3.05, 3.63) is 62.4 Å². The molecule has 3 rings (SSSR count). The lowest BCUT2D eigenvalue weighted by Crippen LogP contribution is -2.32. The largest absolute Gasteiger partial charge is 0.494 e. The van der Waals surface area contributed by atoms with Crippen LogP contribution in [0.3, 0.4) is 0 Å². The van der Waals surface area contributed by atoms with Crippen LogP contribution < -0.4 is 5.56 Å². The van der Waals surface area contributed by atoms with Crippen LogP contribution >= 0.6 is 0 Å². The summed E-state index contributed by atoms with van der Waals surface area (Å²) in [4.78, 5) is 14.8. The van der Waals surface area contributed by atoms with Gasteiger partial charge < -0.3 is 5.11 Å². The summed E-state index contributed by atoms with van der Waals surface area (Å²) >= 11 is 0. The molecular weight excluding hydrogens is 326 g/mol. The minimum atomic E-state index is -0.399. The van der Waals surface area contributed by atoms with Gasteiger partial charge in [0.15, 0.2) is 5.88 Å². The highest BCUT2D eigenvalue weighted by Gasteiger charge is 2.23. The van der Waals surface area contributed by atoms with Gasteiger partial charge in [-0.25, -0.2) is 0 Å². The topological polar surface area (TPSA) is 69.3 Å². The van der Waals surface area contributed by atoms with E-state index in [4.69, 9.17) is 0 Å². The number of nitrogens with zero attached hydrogens (tertiary/aromatic N) is 3. The second-order valence-corrected chi connectivity index (χ2v) is 7.45. The Morgan fingerprint density at radius 3 is 2.62 bits per heavy atom. The first-order valence-electron chi connectivity index (χ1n) is 9.06. The normalized spacial score (nSPS) is 14.3. The Morgan fingerprint density at radius 2 is 1.96 bits per heavy atom. The zero-order valence-corrected chi connectivity index (χ0v) is 15.6. The number of fused-ring (bicyclic) bond motifs is 1. The molecule has 1 N–H and O–H groups in total. The van der Waals surface area contributed by atoms with Crippen LogP contribution in [0, 0.1) is 24.2 Å². The highest BCUT2D eigenvalue weighted by Crippen LogP contribution is 2.27. The molecule has 0 aliphatic carbocycles. The zero-order chi connectivity index (χ0) is 18.8. The van der Waals surface area contributed by atoms with Crippen molar-refractivity contribution in [1.29, 1.82) is 5.26 Å². The number of nitriles is 1. The predicted molar refractivity (Wildman–Crippen MR) is 101 cm³/mol. The molecule has 136 valence electrons. The van der Waals surface area contributed by atoms with Crippen LogP contribution in [0.25, 0.3) is 0 Å². The fourth-order valence-corrected chi connectivity index (χ4v) is 3.64. The first kappa shape index (κ1) is 18.2. The van der Waals surface area contributed by atoms with Gasteiger partial charge in [-0.2, -0.15) is 5.26 Å². The van der Waals surface area contributed by atoms with Gasteiger partial charge in [0.2, 0.25) is 0 Å². The zero-order valence-electron chi connectivity index (χ0n) is 15.6. The summed E-state index contributed by atoms with van der Waals surface area (Å²) < 4.78 is 1.35. The van der Waals surface area contributed by atoms with Gasteiger partial charge >= 0.3 is 0 Å². The molecule has 5 nitrogen and oxygen atoms in total. The van der Waals surface area contributed by atoms with Crippen LogP contribution in [-0.2, 0) is 26.1 Å². The van der Waals surface area contributed by atoms with Crippen molar-refractivity contribution >= 4 is 0 Å². The number of aromatic nitrogens is 1. The molecule has 1 aliphatic rings. The van der Waals surface area contributed by atoms with E-state index >= 15 is 0 Å². The van der Waals surface area contributed by atoms with Crippen LogP contribution in [0.4, 0.5) is 0 Å². The second kappa shape index (κ2) is 7.35. The summed E-state index contributed by atoms with van der Waals surface area (Å²) in [6.07, 6.45) is 0.965. The van der Waals surface area contributed by atoms with E-state index in [1.807, 2.05) is 26.0 Å². The van der Waals surface area contributed by atoms with Gasteiger partial charge in [-0.15, -0.1) is 0 Å². The maximum absolute atomic E-state index is 12.6. The number of hydrogen-bond donors (Lipinski definition) is 1. The van der Waals surface area contributed by atoms with Crippen LogP contribution in [-0.4, -0.2) is 21.1 Å². The molecule has 0 fully saturated rings. The van der Waals surface area contributed by atoms with Crippen LogP contribution in [0.1, 0.15) is 41.7 Å². The molecule has 1 aromatic heterocycles. The Labute approximate surface area is 154 Å². The quantitative estimate of drug-likeness (QED) is 0.919. The molecule has 26 heavy (non-hydrogen) atoms. The maximum atomic E-state index is 12.6. The van der Waals surface area contributed by atoms with Gasteiger partial charge in [-0.05, 0) is 36.0 Å². The summed E-state index contributed by atoms with van der Waals surface area (Å²) in [6, 6.07) is 10.4. The molecule has 0 atom stereocenters. The molecular formula is C21H25N3O2. The summed E-state index contributed by atoms with van der Waals surface area (Å²) in [5.74, 6) is 0.196. The van der Waals surface area contributed by atoms with Crippen molar-refractivity contribution in [1.82, 2.24) is 9.47 Å². The van der Waals surface area contributed by atoms with Crippen molar-refractivity contribution in [2.24, 2.45) is 5.92 Å². The molecule has 5 heteroatoms. The third kappa shape index (κ3) is 3.38. The molecule has 0 spiro atoms. The number of aromatic hydroxyl groups is 1.